The van der Waals surface area contributed by atoms with Crippen LogP contribution in [0.1, 0.15) is 21.7 Å². The van der Waals surface area contributed by atoms with Gasteiger partial charge in [-0.1, -0.05) is 6.07 Å². The Kier molecular flexibility index (Phi) is 3.83. The second-order valence-corrected chi connectivity index (χ2v) is 6.28. The van der Waals surface area contributed by atoms with Crippen molar-refractivity contribution in [1.29, 1.82) is 0 Å². The predicted molar refractivity (Wildman–Crippen MR) is 94.8 cm³/mol. The molecule has 0 spiro atoms. The van der Waals surface area contributed by atoms with Crippen molar-refractivity contribution in [3.8, 4) is 0 Å². The first-order chi connectivity index (χ1) is 12.1. The average Bonchev–Trinajstić information content (AvgIpc) is 2.97. The Hall–Kier alpha value is -2.96. The number of hydrogen-bond acceptors (Lipinski definition) is 5. The molecule has 128 valence electrons. The lowest BCUT2D eigenvalue weighted by atomic mass is 10.1. The Morgan fingerprint density at radius 2 is 1.84 bits per heavy atom. The molecule has 1 aliphatic heterocycles. The van der Waals surface area contributed by atoms with Gasteiger partial charge in [-0.2, -0.15) is 14.8 Å². The standard InChI is InChI=1S/C18H20N6O/c1-13-5-3-7-16(20-13)22-9-11-23(12-10-22)18(25)17-14(2)21-24-15(17)6-4-8-19-24/h3-8H,9-12H2,1-2H3. The smallest absolute Gasteiger partial charge is 0.258 e. The van der Waals surface area contributed by atoms with Gasteiger partial charge in [-0.05, 0) is 38.1 Å². The summed E-state index contributed by atoms with van der Waals surface area (Å²) in [4.78, 5) is 21.7. The normalized spacial score (nSPS) is 15.0. The van der Waals surface area contributed by atoms with E-state index in [2.05, 4.69) is 20.1 Å². The zero-order valence-corrected chi connectivity index (χ0v) is 14.4. The van der Waals surface area contributed by atoms with E-state index >= 15 is 0 Å². The summed E-state index contributed by atoms with van der Waals surface area (Å²) in [5.74, 6) is 1.00. The van der Waals surface area contributed by atoms with Crippen LogP contribution >= 0.6 is 0 Å². The number of aromatic nitrogens is 4. The lowest BCUT2D eigenvalue weighted by molar-refractivity contribution is 0.0747. The molecule has 0 atom stereocenters. The van der Waals surface area contributed by atoms with Crippen LogP contribution in [0.25, 0.3) is 5.52 Å². The number of fused-ring (bicyclic) bond motifs is 1. The number of pyridine rings is 1. The number of carbonyl (C=O) groups is 1. The largest absolute Gasteiger partial charge is 0.353 e. The van der Waals surface area contributed by atoms with Gasteiger partial charge in [-0.25, -0.2) is 4.98 Å². The predicted octanol–water partition coefficient (Wildman–Crippen LogP) is 1.70. The van der Waals surface area contributed by atoms with Gasteiger partial charge in [0.05, 0.1) is 11.3 Å². The molecule has 3 aromatic heterocycles. The van der Waals surface area contributed by atoms with Gasteiger partial charge < -0.3 is 9.80 Å². The zero-order valence-electron chi connectivity index (χ0n) is 14.4. The zero-order chi connectivity index (χ0) is 17.4. The lowest BCUT2D eigenvalue weighted by Gasteiger charge is -2.35. The third-order valence-corrected chi connectivity index (χ3v) is 4.57. The first-order valence-electron chi connectivity index (χ1n) is 8.42. The molecule has 1 fully saturated rings. The summed E-state index contributed by atoms with van der Waals surface area (Å²) < 4.78 is 1.52. The van der Waals surface area contributed by atoms with Crippen LogP contribution in [0.4, 0.5) is 5.82 Å². The van der Waals surface area contributed by atoms with E-state index in [1.54, 1.807) is 6.20 Å². The number of rotatable bonds is 2. The molecule has 3 aromatic rings. The molecule has 4 heterocycles. The Balaban J connectivity index is 1.52. The minimum Gasteiger partial charge on any atom is -0.353 e. The van der Waals surface area contributed by atoms with Crippen molar-refractivity contribution in [3.05, 3.63) is 53.5 Å². The molecule has 0 radical (unpaired) electrons. The molecule has 4 rings (SSSR count). The maximum Gasteiger partial charge on any atom is 0.258 e. The van der Waals surface area contributed by atoms with Gasteiger partial charge in [0.15, 0.2) is 0 Å². The molecule has 0 N–H and O–H groups in total. The van der Waals surface area contributed by atoms with Gasteiger partial charge in [0.1, 0.15) is 11.3 Å². The van der Waals surface area contributed by atoms with E-state index < -0.39 is 0 Å². The first kappa shape index (κ1) is 15.6. The summed E-state index contributed by atoms with van der Waals surface area (Å²) >= 11 is 0. The monoisotopic (exact) mass is 336 g/mol. The van der Waals surface area contributed by atoms with Crippen LogP contribution < -0.4 is 4.90 Å². The van der Waals surface area contributed by atoms with E-state index in [-0.39, 0.29) is 5.91 Å². The topological polar surface area (TPSA) is 66.6 Å². The molecule has 25 heavy (non-hydrogen) atoms. The Labute approximate surface area is 145 Å². The Morgan fingerprint density at radius 3 is 2.60 bits per heavy atom. The molecule has 7 heteroatoms. The highest BCUT2D eigenvalue weighted by atomic mass is 16.2. The van der Waals surface area contributed by atoms with E-state index in [0.29, 0.717) is 24.3 Å². The van der Waals surface area contributed by atoms with Crippen LogP contribution in [0.5, 0.6) is 0 Å². The van der Waals surface area contributed by atoms with E-state index in [4.69, 9.17) is 0 Å². The number of aryl methyl sites for hydroxylation is 2. The van der Waals surface area contributed by atoms with Crippen molar-refractivity contribution in [3.63, 3.8) is 0 Å². The third-order valence-electron chi connectivity index (χ3n) is 4.57. The van der Waals surface area contributed by atoms with Crippen LogP contribution in [-0.4, -0.2) is 56.8 Å². The number of carbonyl (C=O) groups excluding carboxylic acids is 1. The van der Waals surface area contributed by atoms with Crippen molar-refractivity contribution in [2.45, 2.75) is 13.8 Å². The second-order valence-electron chi connectivity index (χ2n) is 6.28. The van der Waals surface area contributed by atoms with Gasteiger partial charge in [-0.3, -0.25) is 4.79 Å². The van der Waals surface area contributed by atoms with Crippen LogP contribution in [0, 0.1) is 13.8 Å². The van der Waals surface area contributed by atoms with E-state index in [1.165, 1.54) is 4.63 Å². The molecule has 1 amide bonds. The Morgan fingerprint density at radius 1 is 1.04 bits per heavy atom. The molecule has 1 aliphatic rings. The van der Waals surface area contributed by atoms with Crippen LogP contribution in [0.2, 0.25) is 0 Å². The molecule has 1 saturated heterocycles. The van der Waals surface area contributed by atoms with Crippen LogP contribution in [0.3, 0.4) is 0 Å². The third kappa shape index (κ3) is 2.82. The maximum absolute atomic E-state index is 13.0. The molecule has 0 aromatic carbocycles. The van der Waals surface area contributed by atoms with Gasteiger partial charge in [0.2, 0.25) is 0 Å². The number of piperazine rings is 1. The fourth-order valence-corrected chi connectivity index (χ4v) is 3.27. The van der Waals surface area contributed by atoms with E-state index in [9.17, 15) is 4.79 Å². The van der Waals surface area contributed by atoms with E-state index in [0.717, 1.165) is 30.1 Å². The van der Waals surface area contributed by atoms with Gasteiger partial charge >= 0.3 is 0 Å². The second kappa shape index (κ2) is 6.16. The van der Waals surface area contributed by atoms with Crippen LogP contribution in [0.15, 0.2) is 36.5 Å². The van der Waals surface area contributed by atoms with Crippen LogP contribution in [-0.2, 0) is 0 Å². The van der Waals surface area contributed by atoms with Crippen molar-refractivity contribution < 1.29 is 4.79 Å². The van der Waals surface area contributed by atoms with E-state index in [1.807, 2.05) is 49.1 Å². The minimum atomic E-state index is 0.0253. The molecule has 7 nitrogen and oxygen atoms in total. The van der Waals surface area contributed by atoms with Gasteiger partial charge in [0.25, 0.3) is 5.91 Å². The minimum absolute atomic E-state index is 0.0253. The van der Waals surface area contributed by atoms with Gasteiger partial charge in [0, 0.05) is 38.1 Å². The highest BCUT2D eigenvalue weighted by Crippen LogP contribution is 2.19. The van der Waals surface area contributed by atoms with Crippen molar-refractivity contribution >= 4 is 17.2 Å². The van der Waals surface area contributed by atoms with Crippen molar-refractivity contribution in [2.24, 2.45) is 0 Å². The average molecular weight is 336 g/mol. The quantitative estimate of drug-likeness (QED) is 0.713. The number of hydrogen-bond donors (Lipinski definition) is 0. The number of anilines is 1. The molecule has 0 bridgehead atoms. The molecule has 0 aliphatic carbocycles. The Bertz CT molecular complexity index is 926. The molecule has 0 unspecified atom stereocenters. The number of nitrogens with zero attached hydrogens (tertiary/aromatic N) is 6. The summed E-state index contributed by atoms with van der Waals surface area (Å²) in [5.41, 5.74) is 3.12. The first-order valence-corrected chi connectivity index (χ1v) is 8.42. The summed E-state index contributed by atoms with van der Waals surface area (Å²) in [7, 11) is 0. The SMILES string of the molecule is Cc1cccc(N2CCN(C(=O)c3c(C)nn4ncccc34)CC2)n1. The fourth-order valence-electron chi connectivity index (χ4n) is 3.27. The fraction of sp³-hybridized carbons (Fsp3) is 0.333. The summed E-state index contributed by atoms with van der Waals surface area (Å²) in [6.07, 6.45) is 1.67. The highest BCUT2D eigenvalue weighted by Gasteiger charge is 2.26. The summed E-state index contributed by atoms with van der Waals surface area (Å²) in [6.45, 7) is 6.74. The summed E-state index contributed by atoms with van der Waals surface area (Å²) in [6, 6.07) is 9.74. The summed E-state index contributed by atoms with van der Waals surface area (Å²) in [5, 5.41) is 8.51. The highest BCUT2D eigenvalue weighted by molar-refractivity contribution is 6.02. The van der Waals surface area contributed by atoms with Gasteiger partial charge in [-0.15, -0.1) is 0 Å². The molecular weight excluding hydrogens is 316 g/mol. The maximum atomic E-state index is 13.0. The van der Waals surface area contributed by atoms with Crippen molar-refractivity contribution in [2.75, 3.05) is 31.1 Å². The lowest BCUT2D eigenvalue weighted by Crippen LogP contribution is -2.49. The molecular formula is C18H20N6O. The molecule has 0 saturated carbocycles. The number of amides is 1. The van der Waals surface area contributed by atoms with Crippen molar-refractivity contribution in [1.82, 2.24) is 24.7 Å².